The highest BCUT2D eigenvalue weighted by Crippen LogP contribution is 2.39. The van der Waals surface area contributed by atoms with Crippen LogP contribution in [0.25, 0.3) is 10.8 Å². The standard InChI is InChI=1S/C19H23NO/c20-14-19(11-4-1-5-12-19)13-18(21)17-10-6-8-15-7-2-3-9-16(15)17/h2-3,6-10H,1,4-5,11-14,20H2. The highest BCUT2D eigenvalue weighted by atomic mass is 16.1. The normalized spacial score (nSPS) is 17.8. The summed E-state index contributed by atoms with van der Waals surface area (Å²) in [5, 5.41) is 2.20. The molecule has 0 bridgehead atoms. The Labute approximate surface area is 126 Å². The SMILES string of the molecule is NCC1(CC(=O)c2cccc3ccccc23)CCCCC1. The van der Waals surface area contributed by atoms with Gasteiger partial charge in [0.15, 0.2) is 5.78 Å². The molecule has 0 aliphatic heterocycles. The van der Waals surface area contributed by atoms with E-state index in [1.807, 2.05) is 30.3 Å². The van der Waals surface area contributed by atoms with Gasteiger partial charge in [-0.1, -0.05) is 61.7 Å². The minimum Gasteiger partial charge on any atom is -0.330 e. The molecule has 0 spiro atoms. The van der Waals surface area contributed by atoms with Crippen LogP contribution in [0.5, 0.6) is 0 Å². The van der Waals surface area contributed by atoms with Gasteiger partial charge in [-0.2, -0.15) is 0 Å². The van der Waals surface area contributed by atoms with Crippen molar-refractivity contribution in [3.05, 3.63) is 48.0 Å². The summed E-state index contributed by atoms with van der Waals surface area (Å²) < 4.78 is 0. The first-order valence-electron chi connectivity index (χ1n) is 7.95. The Morgan fingerprint density at radius 1 is 1.00 bits per heavy atom. The van der Waals surface area contributed by atoms with E-state index in [0.717, 1.165) is 29.2 Å². The molecule has 0 atom stereocenters. The lowest BCUT2D eigenvalue weighted by Crippen LogP contribution is -2.35. The van der Waals surface area contributed by atoms with Crippen LogP contribution in [-0.4, -0.2) is 12.3 Å². The molecule has 0 heterocycles. The lowest BCUT2D eigenvalue weighted by Gasteiger charge is -2.35. The molecule has 2 aromatic carbocycles. The van der Waals surface area contributed by atoms with Gasteiger partial charge in [0.2, 0.25) is 0 Å². The highest BCUT2D eigenvalue weighted by molar-refractivity contribution is 6.08. The summed E-state index contributed by atoms with van der Waals surface area (Å²) in [5.74, 6) is 0.249. The molecular weight excluding hydrogens is 258 g/mol. The van der Waals surface area contributed by atoms with Gasteiger partial charge < -0.3 is 5.73 Å². The average molecular weight is 281 g/mol. The van der Waals surface area contributed by atoms with Gasteiger partial charge in [0.05, 0.1) is 0 Å². The summed E-state index contributed by atoms with van der Waals surface area (Å²) in [5.41, 5.74) is 6.91. The van der Waals surface area contributed by atoms with E-state index in [-0.39, 0.29) is 11.2 Å². The van der Waals surface area contributed by atoms with Crippen molar-refractivity contribution < 1.29 is 4.79 Å². The highest BCUT2D eigenvalue weighted by Gasteiger charge is 2.33. The molecule has 3 rings (SSSR count). The summed E-state index contributed by atoms with van der Waals surface area (Å²) in [6.45, 7) is 0.628. The number of benzene rings is 2. The van der Waals surface area contributed by atoms with Crippen molar-refractivity contribution in [2.24, 2.45) is 11.1 Å². The first-order chi connectivity index (χ1) is 10.2. The topological polar surface area (TPSA) is 43.1 Å². The fourth-order valence-corrected chi connectivity index (χ4v) is 3.66. The van der Waals surface area contributed by atoms with Crippen molar-refractivity contribution in [3.8, 4) is 0 Å². The average Bonchev–Trinajstić information content (AvgIpc) is 2.55. The van der Waals surface area contributed by atoms with Crippen molar-refractivity contribution in [2.45, 2.75) is 38.5 Å². The predicted octanol–water partition coefficient (Wildman–Crippen LogP) is 4.32. The molecule has 21 heavy (non-hydrogen) atoms. The van der Waals surface area contributed by atoms with Crippen molar-refractivity contribution in [2.75, 3.05) is 6.54 Å². The minimum atomic E-state index is 0.0340. The molecule has 2 N–H and O–H groups in total. The molecular formula is C19H23NO. The summed E-state index contributed by atoms with van der Waals surface area (Å²) in [4.78, 5) is 12.8. The number of hydrogen-bond donors (Lipinski definition) is 1. The van der Waals surface area contributed by atoms with E-state index in [0.29, 0.717) is 13.0 Å². The number of hydrogen-bond acceptors (Lipinski definition) is 2. The molecule has 1 aliphatic carbocycles. The van der Waals surface area contributed by atoms with E-state index < -0.39 is 0 Å². The largest absolute Gasteiger partial charge is 0.330 e. The van der Waals surface area contributed by atoms with Gasteiger partial charge in [0.25, 0.3) is 0 Å². The molecule has 0 aromatic heterocycles. The number of fused-ring (bicyclic) bond motifs is 1. The third kappa shape index (κ3) is 2.86. The molecule has 0 unspecified atom stereocenters. The van der Waals surface area contributed by atoms with Gasteiger partial charge in [0.1, 0.15) is 0 Å². The molecule has 0 radical (unpaired) electrons. The van der Waals surface area contributed by atoms with Gasteiger partial charge in [-0.25, -0.2) is 0 Å². The fraction of sp³-hybridized carbons (Fsp3) is 0.421. The summed E-state index contributed by atoms with van der Waals surface area (Å²) >= 11 is 0. The molecule has 2 nitrogen and oxygen atoms in total. The van der Waals surface area contributed by atoms with Gasteiger partial charge in [0, 0.05) is 12.0 Å². The number of Topliss-reactive ketones (excluding diaryl/α,β-unsaturated/α-hetero) is 1. The van der Waals surface area contributed by atoms with Crippen LogP contribution in [0.3, 0.4) is 0 Å². The van der Waals surface area contributed by atoms with E-state index in [2.05, 4.69) is 12.1 Å². The monoisotopic (exact) mass is 281 g/mol. The first-order valence-corrected chi connectivity index (χ1v) is 7.95. The Kier molecular flexibility index (Phi) is 4.07. The molecule has 1 aliphatic rings. The summed E-state index contributed by atoms with van der Waals surface area (Å²) in [7, 11) is 0. The molecule has 2 aromatic rings. The summed E-state index contributed by atoms with van der Waals surface area (Å²) in [6, 6.07) is 14.1. The third-order valence-corrected chi connectivity index (χ3v) is 4.97. The van der Waals surface area contributed by atoms with Crippen LogP contribution in [0.1, 0.15) is 48.9 Å². The Hall–Kier alpha value is -1.67. The molecule has 0 amide bonds. The number of ketones is 1. The lowest BCUT2D eigenvalue weighted by molar-refractivity contribution is 0.0869. The van der Waals surface area contributed by atoms with Crippen molar-refractivity contribution >= 4 is 16.6 Å². The van der Waals surface area contributed by atoms with Crippen LogP contribution < -0.4 is 5.73 Å². The lowest BCUT2D eigenvalue weighted by atomic mass is 9.70. The van der Waals surface area contributed by atoms with E-state index in [4.69, 9.17) is 5.73 Å². The van der Waals surface area contributed by atoms with Gasteiger partial charge >= 0.3 is 0 Å². The third-order valence-electron chi connectivity index (χ3n) is 4.97. The van der Waals surface area contributed by atoms with Gasteiger partial charge in [-0.3, -0.25) is 4.79 Å². The molecule has 1 fully saturated rings. The summed E-state index contributed by atoms with van der Waals surface area (Å²) in [6.07, 6.45) is 6.49. The van der Waals surface area contributed by atoms with E-state index >= 15 is 0 Å². The number of nitrogens with two attached hydrogens (primary N) is 1. The maximum atomic E-state index is 12.8. The van der Waals surface area contributed by atoms with Crippen LogP contribution in [0.2, 0.25) is 0 Å². The fourth-order valence-electron chi connectivity index (χ4n) is 3.66. The molecule has 1 saturated carbocycles. The predicted molar refractivity (Wildman–Crippen MR) is 87.5 cm³/mol. The Balaban J connectivity index is 1.90. The zero-order chi connectivity index (χ0) is 14.7. The second-order valence-corrected chi connectivity index (χ2v) is 6.39. The van der Waals surface area contributed by atoms with Crippen molar-refractivity contribution in [1.82, 2.24) is 0 Å². The van der Waals surface area contributed by atoms with Crippen molar-refractivity contribution in [1.29, 1.82) is 0 Å². The second-order valence-electron chi connectivity index (χ2n) is 6.39. The van der Waals surface area contributed by atoms with Crippen molar-refractivity contribution in [3.63, 3.8) is 0 Å². The van der Waals surface area contributed by atoms with E-state index in [1.54, 1.807) is 0 Å². The first kappa shape index (κ1) is 14.3. The van der Waals surface area contributed by atoms with Crippen LogP contribution in [-0.2, 0) is 0 Å². The smallest absolute Gasteiger partial charge is 0.164 e. The number of carbonyl (C=O) groups excluding carboxylic acids is 1. The molecule has 110 valence electrons. The van der Waals surface area contributed by atoms with Gasteiger partial charge in [-0.05, 0) is 35.6 Å². The maximum Gasteiger partial charge on any atom is 0.164 e. The number of rotatable bonds is 4. The quantitative estimate of drug-likeness (QED) is 0.848. The minimum absolute atomic E-state index is 0.0340. The van der Waals surface area contributed by atoms with Crippen LogP contribution in [0.4, 0.5) is 0 Å². The second kappa shape index (κ2) is 5.98. The Bertz CT molecular complexity index is 636. The Morgan fingerprint density at radius 3 is 2.48 bits per heavy atom. The molecule has 2 heteroatoms. The van der Waals surface area contributed by atoms with Gasteiger partial charge in [-0.15, -0.1) is 0 Å². The Morgan fingerprint density at radius 2 is 1.71 bits per heavy atom. The zero-order valence-corrected chi connectivity index (χ0v) is 12.5. The van der Waals surface area contributed by atoms with Crippen LogP contribution in [0.15, 0.2) is 42.5 Å². The van der Waals surface area contributed by atoms with Crippen LogP contribution in [0, 0.1) is 5.41 Å². The zero-order valence-electron chi connectivity index (χ0n) is 12.5. The maximum absolute atomic E-state index is 12.8. The van der Waals surface area contributed by atoms with E-state index in [9.17, 15) is 4.79 Å². The van der Waals surface area contributed by atoms with Crippen LogP contribution >= 0.6 is 0 Å². The number of carbonyl (C=O) groups is 1. The van der Waals surface area contributed by atoms with E-state index in [1.165, 1.54) is 19.3 Å². The molecule has 0 saturated heterocycles.